The Hall–Kier alpha value is -0.590. The molecular formula is C13H25N3. The molecule has 3 nitrogen and oxygen atoms in total. The van der Waals surface area contributed by atoms with Gasteiger partial charge < -0.3 is 5.32 Å². The summed E-state index contributed by atoms with van der Waals surface area (Å²) >= 11 is 0. The normalized spacial score (nSPS) is 21.3. The number of rotatable bonds is 6. The smallest absolute Gasteiger partial charge is 0.0684 e. The van der Waals surface area contributed by atoms with E-state index in [1.165, 1.54) is 12.8 Å². The largest absolute Gasteiger partial charge is 0.315 e. The Kier molecular flexibility index (Phi) is 5.24. The van der Waals surface area contributed by atoms with Crippen LogP contribution < -0.4 is 5.32 Å². The summed E-state index contributed by atoms with van der Waals surface area (Å²) in [6, 6.07) is 3.08. The fourth-order valence-electron chi connectivity index (χ4n) is 2.19. The standard InChI is InChI=1S/C13H25N3/c1-4-8-16(12-5-7-15-10-12)9-6-13(2,3)11-14/h12,15H,4-10H2,1-3H3. The minimum absolute atomic E-state index is 0.183. The van der Waals surface area contributed by atoms with Gasteiger partial charge in [0.25, 0.3) is 0 Å². The molecule has 92 valence electrons. The van der Waals surface area contributed by atoms with Crippen LogP contribution in [0.2, 0.25) is 0 Å². The van der Waals surface area contributed by atoms with Crippen molar-refractivity contribution in [1.29, 1.82) is 5.26 Å². The highest BCUT2D eigenvalue weighted by Gasteiger charge is 2.24. The van der Waals surface area contributed by atoms with Gasteiger partial charge in [-0.1, -0.05) is 6.92 Å². The zero-order valence-electron chi connectivity index (χ0n) is 10.9. The summed E-state index contributed by atoms with van der Waals surface area (Å²) in [6.45, 7) is 10.8. The maximum absolute atomic E-state index is 9.02. The molecule has 1 atom stereocenters. The molecule has 0 saturated carbocycles. The zero-order chi connectivity index (χ0) is 12.0. The Morgan fingerprint density at radius 2 is 2.19 bits per heavy atom. The SMILES string of the molecule is CCCN(CCC(C)(C)C#N)C1CCNC1. The van der Waals surface area contributed by atoms with Gasteiger partial charge in [-0.25, -0.2) is 0 Å². The first-order valence-electron chi connectivity index (χ1n) is 6.45. The third-order valence-electron chi connectivity index (χ3n) is 3.39. The van der Waals surface area contributed by atoms with Gasteiger partial charge in [0, 0.05) is 12.6 Å². The average Bonchev–Trinajstić information content (AvgIpc) is 2.77. The summed E-state index contributed by atoms with van der Waals surface area (Å²) in [5.41, 5.74) is -0.183. The highest BCUT2D eigenvalue weighted by atomic mass is 15.2. The Balaban J connectivity index is 2.42. The van der Waals surface area contributed by atoms with Crippen LogP contribution in [0.4, 0.5) is 0 Å². The second-order valence-corrected chi connectivity index (χ2v) is 5.43. The van der Waals surface area contributed by atoms with Crippen molar-refractivity contribution in [1.82, 2.24) is 10.2 Å². The van der Waals surface area contributed by atoms with Crippen LogP contribution in [0.15, 0.2) is 0 Å². The van der Waals surface area contributed by atoms with E-state index in [2.05, 4.69) is 23.2 Å². The molecule has 1 rings (SSSR count). The van der Waals surface area contributed by atoms with Crippen LogP contribution in [0.3, 0.4) is 0 Å². The quantitative estimate of drug-likeness (QED) is 0.748. The minimum atomic E-state index is -0.183. The van der Waals surface area contributed by atoms with E-state index in [1.54, 1.807) is 0 Å². The molecule has 1 aliphatic rings. The molecule has 0 aliphatic carbocycles. The van der Waals surface area contributed by atoms with E-state index in [-0.39, 0.29) is 5.41 Å². The van der Waals surface area contributed by atoms with Crippen LogP contribution in [-0.2, 0) is 0 Å². The monoisotopic (exact) mass is 223 g/mol. The lowest BCUT2D eigenvalue weighted by Crippen LogP contribution is -2.39. The molecule has 16 heavy (non-hydrogen) atoms. The van der Waals surface area contributed by atoms with Gasteiger partial charge in [0.15, 0.2) is 0 Å². The molecule has 3 heteroatoms. The van der Waals surface area contributed by atoms with E-state index >= 15 is 0 Å². The fourth-order valence-corrected chi connectivity index (χ4v) is 2.19. The second kappa shape index (κ2) is 6.22. The molecule has 0 aromatic carbocycles. The van der Waals surface area contributed by atoms with Crippen molar-refractivity contribution in [3.63, 3.8) is 0 Å². The highest BCUT2D eigenvalue weighted by Crippen LogP contribution is 2.20. The van der Waals surface area contributed by atoms with Gasteiger partial charge in [0.05, 0.1) is 11.5 Å². The van der Waals surface area contributed by atoms with Gasteiger partial charge in [-0.2, -0.15) is 5.26 Å². The zero-order valence-corrected chi connectivity index (χ0v) is 10.9. The fraction of sp³-hybridized carbons (Fsp3) is 0.923. The molecule has 0 spiro atoms. The molecule has 1 fully saturated rings. The van der Waals surface area contributed by atoms with Crippen molar-refractivity contribution in [3.05, 3.63) is 0 Å². The van der Waals surface area contributed by atoms with Crippen LogP contribution in [0.25, 0.3) is 0 Å². The summed E-state index contributed by atoms with van der Waals surface area (Å²) in [7, 11) is 0. The average molecular weight is 223 g/mol. The van der Waals surface area contributed by atoms with Gasteiger partial charge >= 0.3 is 0 Å². The molecule has 0 bridgehead atoms. The maximum Gasteiger partial charge on any atom is 0.0684 e. The maximum atomic E-state index is 9.02. The lowest BCUT2D eigenvalue weighted by Gasteiger charge is -2.30. The second-order valence-electron chi connectivity index (χ2n) is 5.43. The molecule has 1 aliphatic heterocycles. The molecule has 0 aromatic heterocycles. The topological polar surface area (TPSA) is 39.1 Å². The van der Waals surface area contributed by atoms with E-state index in [9.17, 15) is 0 Å². The van der Waals surface area contributed by atoms with E-state index < -0.39 is 0 Å². The number of hydrogen-bond acceptors (Lipinski definition) is 3. The van der Waals surface area contributed by atoms with Crippen LogP contribution in [-0.4, -0.2) is 37.1 Å². The molecular weight excluding hydrogens is 198 g/mol. The summed E-state index contributed by atoms with van der Waals surface area (Å²) < 4.78 is 0. The van der Waals surface area contributed by atoms with E-state index in [1.807, 2.05) is 13.8 Å². The molecule has 1 saturated heterocycles. The molecule has 0 radical (unpaired) electrons. The van der Waals surface area contributed by atoms with Crippen molar-refractivity contribution < 1.29 is 0 Å². The molecule has 1 N–H and O–H groups in total. The first-order valence-corrected chi connectivity index (χ1v) is 6.45. The van der Waals surface area contributed by atoms with Crippen LogP contribution in [0, 0.1) is 16.7 Å². The van der Waals surface area contributed by atoms with Crippen LogP contribution in [0.1, 0.15) is 40.0 Å². The summed E-state index contributed by atoms with van der Waals surface area (Å²) in [5, 5.41) is 12.4. The van der Waals surface area contributed by atoms with E-state index in [0.717, 1.165) is 32.6 Å². The Morgan fingerprint density at radius 1 is 1.44 bits per heavy atom. The number of nitrogens with zero attached hydrogens (tertiary/aromatic N) is 2. The van der Waals surface area contributed by atoms with E-state index in [4.69, 9.17) is 5.26 Å². The minimum Gasteiger partial charge on any atom is -0.315 e. The Labute approximate surface area is 99.8 Å². The Morgan fingerprint density at radius 3 is 2.69 bits per heavy atom. The number of nitriles is 1. The molecule has 0 aromatic rings. The lowest BCUT2D eigenvalue weighted by atomic mass is 9.91. The van der Waals surface area contributed by atoms with Crippen molar-refractivity contribution in [2.75, 3.05) is 26.2 Å². The van der Waals surface area contributed by atoms with Gasteiger partial charge in [-0.15, -0.1) is 0 Å². The first kappa shape index (κ1) is 13.5. The predicted octanol–water partition coefficient (Wildman–Crippen LogP) is 2.00. The van der Waals surface area contributed by atoms with E-state index in [0.29, 0.717) is 6.04 Å². The number of nitrogens with one attached hydrogen (secondary N) is 1. The Bertz CT molecular complexity index is 236. The first-order chi connectivity index (χ1) is 7.59. The van der Waals surface area contributed by atoms with Crippen molar-refractivity contribution in [2.45, 2.75) is 46.1 Å². The van der Waals surface area contributed by atoms with Gasteiger partial charge in [-0.05, 0) is 52.7 Å². The third kappa shape index (κ3) is 4.11. The predicted molar refractivity (Wildman–Crippen MR) is 67.1 cm³/mol. The number of hydrogen-bond donors (Lipinski definition) is 1. The summed E-state index contributed by atoms with van der Waals surface area (Å²) in [4.78, 5) is 2.55. The third-order valence-corrected chi connectivity index (χ3v) is 3.39. The summed E-state index contributed by atoms with van der Waals surface area (Å²) in [6.07, 6.45) is 3.43. The highest BCUT2D eigenvalue weighted by molar-refractivity contribution is 4.93. The molecule has 1 heterocycles. The lowest BCUT2D eigenvalue weighted by molar-refractivity contribution is 0.187. The van der Waals surface area contributed by atoms with Crippen molar-refractivity contribution in [2.24, 2.45) is 5.41 Å². The van der Waals surface area contributed by atoms with Gasteiger partial charge in [-0.3, -0.25) is 4.90 Å². The summed E-state index contributed by atoms with van der Waals surface area (Å²) in [5.74, 6) is 0. The van der Waals surface area contributed by atoms with Crippen LogP contribution in [0.5, 0.6) is 0 Å². The van der Waals surface area contributed by atoms with Crippen molar-refractivity contribution >= 4 is 0 Å². The van der Waals surface area contributed by atoms with Gasteiger partial charge in [0.1, 0.15) is 0 Å². The van der Waals surface area contributed by atoms with Gasteiger partial charge in [0.2, 0.25) is 0 Å². The van der Waals surface area contributed by atoms with Crippen LogP contribution >= 0.6 is 0 Å². The molecule has 0 amide bonds. The molecule has 1 unspecified atom stereocenters. The van der Waals surface area contributed by atoms with Crippen molar-refractivity contribution in [3.8, 4) is 6.07 Å².